The van der Waals surface area contributed by atoms with Crippen molar-refractivity contribution in [2.75, 3.05) is 0 Å². The lowest BCUT2D eigenvalue weighted by Gasteiger charge is -2.16. The molecule has 12 rings (SSSR count). The smallest absolute Gasteiger partial charge is 0.164 e. The minimum atomic E-state index is 0.611. The molecule has 0 radical (unpaired) electrons. The zero-order valence-electron chi connectivity index (χ0n) is 34.1. The maximum atomic E-state index is 5.57. The number of hydrogen-bond acceptors (Lipinski definition) is 4. The summed E-state index contributed by atoms with van der Waals surface area (Å²) in [6, 6.07) is 78.6. The molecular formula is C58H37N5. The molecule has 9 aromatic carbocycles. The van der Waals surface area contributed by atoms with Crippen LogP contribution in [0.1, 0.15) is 0 Å². The van der Waals surface area contributed by atoms with E-state index in [-0.39, 0.29) is 0 Å². The predicted molar refractivity (Wildman–Crippen MR) is 260 cm³/mol. The molecule has 294 valence electrons. The SMILES string of the molecule is c1ccc(-c2cccc(-c3nc(-c4ccccc4)nc(-c4ccc(-c5cccc6c5nc(-c5ccccc5)c5ccc7c8ccccc8n(-c8ccccc8)c7c56)cc4)n3)c2)cc1. The Bertz CT molecular complexity index is 3640. The Morgan fingerprint density at radius 2 is 0.810 bits per heavy atom. The van der Waals surface area contributed by atoms with Crippen LogP contribution in [0, 0.1) is 0 Å². The second-order valence-corrected chi connectivity index (χ2v) is 15.8. The van der Waals surface area contributed by atoms with Gasteiger partial charge in [0.1, 0.15) is 0 Å². The van der Waals surface area contributed by atoms with Crippen LogP contribution in [-0.2, 0) is 0 Å². The standard InChI is InChI=1S/C58H37N5/c1-5-17-38(18-6-1)43-23-15-24-44(37-43)58-61-56(41-21-9-3-10-22-41)60-57(62-58)42-33-31-39(32-34-42)46-28-16-29-49-52-50(53(59-54(46)49)40-19-7-2-8-20-40)36-35-48-47-27-13-14-30-51(47)63(55(48)52)45-25-11-4-12-26-45/h1-37H. The van der Waals surface area contributed by atoms with Gasteiger partial charge < -0.3 is 4.57 Å². The van der Waals surface area contributed by atoms with Crippen molar-refractivity contribution in [1.82, 2.24) is 24.5 Å². The zero-order chi connectivity index (χ0) is 41.7. The highest BCUT2D eigenvalue weighted by atomic mass is 15.0. The molecule has 0 spiro atoms. The molecule has 63 heavy (non-hydrogen) atoms. The van der Waals surface area contributed by atoms with Crippen molar-refractivity contribution in [3.05, 3.63) is 224 Å². The summed E-state index contributed by atoms with van der Waals surface area (Å²) in [5.41, 5.74) is 13.6. The average Bonchev–Trinajstić information content (AvgIpc) is 3.71. The Kier molecular flexibility index (Phi) is 8.75. The van der Waals surface area contributed by atoms with Gasteiger partial charge in [0.15, 0.2) is 17.5 Å². The van der Waals surface area contributed by atoms with E-state index in [4.69, 9.17) is 19.9 Å². The quantitative estimate of drug-likeness (QED) is 0.151. The Balaban J connectivity index is 1.05. The Morgan fingerprint density at radius 3 is 1.52 bits per heavy atom. The lowest BCUT2D eigenvalue weighted by Crippen LogP contribution is -2.00. The van der Waals surface area contributed by atoms with Crippen molar-refractivity contribution in [2.24, 2.45) is 0 Å². The van der Waals surface area contributed by atoms with Gasteiger partial charge in [-0.05, 0) is 41.0 Å². The first kappa shape index (κ1) is 36.3. The first-order valence-corrected chi connectivity index (χ1v) is 21.2. The van der Waals surface area contributed by atoms with Crippen LogP contribution >= 0.6 is 0 Å². The molecule has 0 fully saturated rings. The van der Waals surface area contributed by atoms with Crippen LogP contribution in [0.25, 0.3) is 117 Å². The van der Waals surface area contributed by atoms with Crippen LogP contribution in [-0.4, -0.2) is 24.5 Å². The van der Waals surface area contributed by atoms with Gasteiger partial charge in [-0.2, -0.15) is 0 Å². The van der Waals surface area contributed by atoms with Gasteiger partial charge in [-0.25, -0.2) is 19.9 Å². The summed E-state index contributed by atoms with van der Waals surface area (Å²) in [6.07, 6.45) is 0. The van der Waals surface area contributed by atoms with Crippen molar-refractivity contribution in [2.45, 2.75) is 0 Å². The molecule has 0 saturated heterocycles. The number of fused-ring (bicyclic) bond motifs is 7. The molecule has 0 unspecified atom stereocenters. The van der Waals surface area contributed by atoms with E-state index in [1.165, 1.54) is 27.2 Å². The third-order valence-electron chi connectivity index (χ3n) is 12.0. The fourth-order valence-corrected chi connectivity index (χ4v) is 9.08. The molecule has 0 aliphatic rings. The van der Waals surface area contributed by atoms with Crippen LogP contribution in [0.4, 0.5) is 0 Å². The Morgan fingerprint density at radius 1 is 0.302 bits per heavy atom. The van der Waals surface area contributed by atoms with Gasteiger partial charge in [-0.1, -0.05) is 200 Å². The van der Waals surface area contributed by atoms with Crippen molar-refractivity contribution in [3.63, 3.8) is 0 Å². The molecule has 3 aromatic heterocycles. The summed E-state index contributed by atoms with van der Waals surface area (Å²) in [6.45, 7) is 0. The predicted octanol–water partition coefficient (Wildman–Crippen LogP) is 14.7. The summed E-state index contributed by atoms with van der Waals surface area (Å²) >= 11 is 0. The first-order valence-electron chi connectivity index (χ1n) is 21.2. The largest absolute Gasteiger partial charge is 0.309 e. The van der Waals surface area contributed by atoms with Gasteiger partial charge in [0.25, 0.3) is 0 Å². The molecule has 0 bridgehead atoms. The monoisotopic (exact) mass is 803 g/mol. The highest BCUT2D eigenvalue weighted by Crippen LogP contribution is 2.44. The Labute approximate surface area is 364 Å². The third-order valence-corrected chi connectivity index (χ3v) is 12.0. The summed E-state index contributed by atoms with van der Waals surface area (Å²) in [7, 11) is 0. The fourth-order valence-electron chi connectivity index (χ4n) is 9.08. The van der Waals surface area contributed by atoms with Gasteiger partial charge >= 0.3 is 0 Å². The van der Waals surface area contributed by atoms with Crippen molar-refractivity contribution < 1.29 is 0 Å². The van der Waals surface area contributed by atoms with E-state index < -0.39 is 0 Å². The third kappa shape index (κ3) is 6.34. The highest BCUT2D eigenvalue weighted by Gasteiger charge is 2.21. The number of aromatic nitrogens is 5. The molecule has 0 saturated carbocycles. The number of benzene rings is 9. The zero-order valence-corrected chi connectivity index (χ0v) is 34.1. The topological polar surface area (TPSA) is 56.5 Å². The van der Waals surface area contributed by atoms with Crippen LogP contribution in [0.2, 0.25) is 0 Å². The van der Waals surface area contributed by atoms with Crippen LogP contribution in [0.3, 0.4) is 0 Å². The molecule has 0 N–H and O–H groups in total. The lowest BCUT2D eigenvalue weighted by atomic mass is 9.94. The fraction of sp³-hybridized carbons (Fsp3) is 0. The summed E-state index contributed by atoms with van der Waals surface area (Å²) in [5.74, 6) is 1.86. The van der Waals surface area contributed by atoms with E-state index in [2.05, 4.69) is 193 Å². The average molecular weight is 804 g/mol. The van der Waals surface area contributed by atoms with E-state index in [1.54, 1.807) is 0 Å². The van der Waals surface area contributed by atoms with Gasteiger partial charge in [0.2, 0.25) is 0 Å². The summed E-state index contributed by atoms with van der Waals surface area (Å²) in [5, 5.41) is 5.82. The molecule has 5 nitrogen and oxygen atoms in total. The number of pyridine rings is 1. The second kappa shape index (κ2) is 15.2. The number of rotatable bonds is 7. The molecule has 5 heteroatoms. The highest BCUT2D eigenvalue weighted by molar-refractivity contribution is 6.27. The van der Waals surface area contributed by atoms with Crippen LogP contribution < -0.4 is 0 Å². The maximum Gasteiger partial charge on any atom is 0.164 e. The summed E-state index contributed by atoms with van der Waals surface area (Å²) < 4.78 is 2.42. The molecule has 0 amide bonds. The molecular weight excluding hydrogens is 767 g/mol. The molecule has 0 aliphatic heterocycles. The number of hydrogen-bond donors (Lipinski definition) is 0. The van der Waals surface area contributed by atoms with Crippen LogP contribution in [0.5, 0.6) is 0 Å². The van der Waals surface area contributed by atoms with E-state index in [0.29, 0.717) is 17.5 Å². The van der Waals surface area contributed by atoms with E-state index >= 15 is 0 Å². The van der Waals surface area contributed by atoms with Crippen molar-refractivity contribution >= 4 is 43.5 Å². The van der Waals surface area contributed by atoms with E-state index in [9.17, 15) is 0 Å². The lowest BCUT2D eigenvalue weighted by molar-refractivity contribution is 1.07. The van der Waals surface area contributed by atoms with Crippen LogP contribution in [0.15, 0.2) is 224 Å². The number of para-hydroxylation sites is 3. The van der Waals surface area contributed by atoms with Gasteiger partial charge in [0.05, 0.1) is 22.2 Å². The van der Waals surface area contributed by atoms with Gasteiger partial charge in [-0.15, -0.1) is 0 Å². The maximum absolute atomic E-state index is 5.57. The first-order chi connectivity index (χ1) is 31.2. The number of nitrogens with zero attached hydrogens (tertiary/aromatic N) is 5. The molecule has 0 aliphatic carbocycles. The minimum Gasteiger partial charge on any atom is -0.309 e. The molecule has 3 heterocycles. The van der Waals surface area contributed by atoms with Gasteiger partial charge in [0, 0.05) is 60.4 Å². The summed E-state index contributed by atoms with van der Waals surface area (Å²) in [4.78, 5) is 20.8. The van der Waals surface area contributed by atoms with Crippen molar-refractivity contribution in [1.29, 1.82) is 0 Å². The Hall–Kier alpha value is -8.54. The molecule has 12 aromatic rings. The van der Waals surface area contributed by atoms with Gasteiger partial charge in [-0.3, -0.25) is 0 Å². The normalized spacial score (nSPS) is 11.5. The molecule has 0 atom stereocenters. The van der Waals surface area contributed by atoms with Crippen molar-refractivity contribution in [3.8, 4) is 73.4 Å². The minimum absolute atomic E-state index is 0.611. The van der Waals surface area contributed by atoms with E-state index in [1.807, 2.05) is 36.4 Å². The second-order valence-electron chi connectivity index (χ2n) is 15.8. The van der Waals surface area contributed by atoms with E-state index in [0.717, 1.165) is 72.2 Å².